The minimum Gasteiger partial charge on any atom is -0.443 e. The maximum atomic E-state index is 12.3. The molecular formula is C20H28N2O4. The molecule has 0 fully saturated rings. The van der Waals surface area contributed by atoms with Crippen molar-refractivity contribution in [1.29, 1.82) is 0 Å². The van der Waals surface area contributed by atoms with Crippen molar-refractivity contribution in [2.75, 3.05) is 13.6 Å². The van der Waals surface area contributed by atoms with Gasteiger partial charge in [-0.3, -0.25) is 4.79 Å². The summed E-state index contributed by atoms with van der Waals surface area (Å²) >= 11 is 0. The van der Waals surface area contributed by atoms with Crippen LogP contribution in [0.1, 0.15) is 40.5 Å². The molecule has 0 aromatic rings. The minimum absolute atomic E-state index is 0.0223. The quantitative estimate of drug-likeness (QED) is 0.811. The Hall–Kier alpha value is -2.08. The topological polar surface area (TPSA) is 78.9 Å². The molecule has 6 nitrogen and oxygen atoms in total. The molecule has 0 aromatic heterocycles. The molecule has 0 saturated carbocycles. The van der Waals surface area contributed by atoms with Crippen molar-refractivity contribution in [2.45, 2.75) is 52.7 Å². The summed E-state index contributed by atoms with van der Waals surface area (Å²) in [4.78, 5) is 26.0. The third kappa shape index (κ3) is 2.76. The molecule has 0 saturated heterocycles. The van der Waals surface area contributed by atoms with Gasteiger partial charge in [-0.2, -0.15) is 0 Å². The number of hydrogen-bond acceptors (Lipinski definition) is 4. The molecule has 0 bridgehead atoms. The number of aliphatic hydroxyl groups excluding tert-OH is 1. The summed E-state index contributed by atoms with van der Waals surface area (Å²) in [5.74, 6) is -0.0713. The van der Waals surface area contributed by atoms with Crippen molar-refractivity contribution in [3.05, 3.63) is 34.6 Å². The van der Waals surface area contributed by atoms with E-state index >= 15 is 0 Å². The lowest BCUT2D eigenvalue weighted by atomic mass is 9.59. The Morgan fingerprint density at radius 3 is 2.85 bits per heavy atom. The van der Waals surface area contributed by atoms with Gasteiger partial charge in [-0.1, -0.05) is 20.8 Å². The van der Waals surface area contributed by atoms with Gasteiger partial charge in [0.25, 0.3) is 5.91 Å². The van der Waals surface area contributed by atoms with E-state index in [9.17, 15) is 14.7 Å². The molecule has 0 unspecified atom stereocenters. The lowest BCUT2D eigenvalue weighted by Crippen LogP contribution is -2.50. The second-order valence-corrected chi connectivity index (χ2v) is 7.79. The van der Waals surface area contributed by atoms with Crippen molar-refractivity contribution in [2.24, 2.45) is 11.3 Å². The number of carbonyl (C=O) groups excluding carboxylic acids is 2. The van der Waals surface area contributed by atoms with E-state index in [1.54, 1.807) is 18.0 Å². The summed E-state index contributed by atoms with van der Waals surface area (Å²) in [6.45, 7) is 8.49. The van der Waals surface area contributed by atoms with Crippen molar-refractivity contribution in [1.82, 2.24) is 10.2 Å². The largest absolute Gasteiger partial charge is 0.443 e. The molecule has 3 rings (SSSR count). The molecule has 0 spiro atoms. The van der Waals surface area contributed by atoms with Gasteiger partial charge in [0.2, 0.25) is 0 Å². The van der Waals surface area contributed by atoms with Gasteiger partial charge in [0.05, 0.1) is 0 Å². The van der Waals surface area contributed by atoms with Gasteiger partial charge in [0.1, 0.15) is 12.2 Å². The minimum atomic E-state index is -0.869. The molecule has 1 aliphatic heterocycles. The van der Waals surface area contributed by atoms with Crippen LogP contribution in [0.5, 0.6) is 0 Å². The molecule has 2 N–H and O–H groups in total. The van der Waals surface area contributed by atoms with E-state index in [4.69, 9.17) is 4.74 Å². The summed E-state index contributed by atoms with van der Waals surface area (Å²) < 4.78 is 5.55. The second-order valence-electron chi connectivity index (χ2n) is 7.79. The number of nitrogens with one attached hydrogen (secondary N) is 1. The van der Waals surface area contributed by atoms with Crippen LogP contribution >= 0.6 is 0 Å². The highest BCUT2D eigenvalue weighted by molar-refractivity contribution is 6.00. The molecule has 2 aliphatic carbocycles. The first-order chi connectivity index (χ1) is 12.2. The van der Waals surface area contributed by atoms with Crippen LogP contribution in [0.15, 0.2) is 34.6 Å². The Morgan fingerprint density at radius 2 is 2.19 bits per heavy atom. The summed E-state index contributed by atoms with van der Waals surface area (Å²) in [6.07, 6.45) is 3.30. The van der Waals surface area contributed by atoms with E-state index in [2.05, 4.69) is 12.2 Å². The van der Waals surface area contributed by atoms with E-state index in [0.717, 1.165) is 28.8 Å². The van der Waals surface area contributed by atoms with E-state index in [-0.39, 0.29) is 17.2 Å². The number of aliphatic hydroxyl groups is 1. The molecule has 1 heterocycles. The lowest BCUT2D eigenvalue weighted by Gasteiger charge is -2.48. The third-order valence-electron chi connectivity index (χ3n) is 6.19. The van der Waals surface area contributed by atoms with Gasteiger partial charge in [-0.25, -0.2) is 4.79 Å². The number of allylic oxidation sites excluding steroid dienone is 3. The summed E-state index contributed by atoms with van der Waals surface area (Å²) in [7, 11) is 1.78. The maximum Gasteiger partial charge on any atom is 0.407 e. The van der Waals surface area contributed by atoms with Crippen LogP contribution in [0.3, 0.4) is 0 Å². The zero-order valence-electron chi connectivity index (χ0n) is 16.1. The Labute approximate surface area is 154 Å². The fourth-order valence-corrected chi connectivity index (χ4v) is 4.24. The SMILES string of the molecule is CCCNC(=O)O[C@H]1[C@H](O)C=C2C=C3C(=C(C)C(=O)N3C)C[C@]2(C)[C@H]1C. The van der Waals surface area contributed by atoms with Crippen LogP contribution < -0.4 is 5.32 Å². The molecule has 142 valence electrons. The number of likely N-dealkylation sites (N-methyl/N-ethyl adjacent to an activating group) is 1. The molecule has 26 heavy (non-hydrogen) atoms. The van der Waals surface area contributed by atoms with Crippen molar-refractivity contribution in [3.63, 3.8) is 0 Å². The second kappa shape index (κ2) is 6.58. The summed E-state index contributed by atoms with van der Waals surface area (Å²) in [5.41, 5.74) is 3.43. The molecule has 2 amide bonds. The predicted octanol–water partition coefficient (Wildman–Crippen LogP) is 2.51. The van der Waals surface area contributed by atoms with Crippen molar-refractivity contribution < 1.29 is 19.4 Å². The van der Waals surface area contributed by atoms with E-state index in [0.29, 0.717) is 13.0 Å². The average molecular weight is 360 g/mol. The van der Waals surface area contributed by atoms with E-state index in [1.165, 1.54) is 0 Å². The average Bonchev–Trinajstić information content (AvgIpc) is 2.80. The van der Waals surface area contributed by atoms with Crippen LogP contribution in [0, 0.1) is 11.3 Å². The van der Waals surface area contributed by atoms with Gasteiger partial charge in [0, 0.05) is 36.2 Å². The fourth-order valence-electron chi connectivity index (χ4n) is 4.24. The highest BCUT2D eigenvalue weighted by atomic mass is 16.6. The van der Waals surface area contributed by atoms with Crippen LogP contribution in [-0.4, -0.2) is 47.8 Å². The fraction of sp³-hybridized carbons (Fsp3) is 0.600. The molecule has 4 atom stereocenters. The Bertz CT molecular complexity index is 736. The summed E-state index contributed by atoms with van der Waals surface area (Å²) in [5, 5.41) is 13.3. The monoisotopic (exact) mass is 360 g/mol. The first-order valence-electron chi connectivity index (χ1n) is 9.25. The number of nitrogens with zero attached hydrogens (tertiary/aromatic N) is 1. The van der Waals surface area contributed by atoms with Gasteiger partial charge in [-0.15, -0.1) is 0 Å². The van der Waals surface area contributed by atoms with Gasteiger partial charge < -0.3 is 20.1 Å². The number of alkyl carbamates (subject to hydrolysis) is 1. The van der Waals surface area contributed by atoms with E-state index < -0.39 is 18.3 Å². The van der Waals surface area contributed by atoms with Gasteiger partial charge >= 0.3 is 6.09 Å². The lowest BCUT2D eigenvalue weighted by molar-refractivity contribution is -0.123. The number of amides is 2. The Kier molecular flexibility index (Phi) is 4.73. The van der Waals surface area contributed by atoms with Crippen LogP contribution in [0.2, 0.25) is 0 Å². The van der Waals surface area contributed by atoms with Crippen LogP contribution in [0.25, 0.3) is 0 Å². The molecule has 3 aliphatic rings. The zero-order valence-corrected chi connectivity index (χ0v) is 16.1. The van der Waals surface area contributed by atoms with Gasteiger partial charge in [-0.05, 0) is 43.1 Å². The third-order valence-corrected chi connectivity index (χ3v) is 6.19. The maximum absolute atomic E-state index is 12.3. The van der Waals surface area contributed by atoms with Gasteiger partial charge in [0.15, 0.2) is 0 Å². The Balaban J connectivity index is 1.93. The normalized spacial score (nSPS) is 33.4. The molecule has 6 heteroatoms. The number of hydrogen-bond donors (Lipinski definition) is 2. The highest BCUT2D eigenvalue weighted by Gasteiger charge is 2.50. The first-order valence-corrected chi connectivity index (χ1v) is 9.25. The standard InChI is InChI=1S/C20H28N2O4/c1-6-7-21-19(25)26-17-12(3)20(4)10-14-11(2)18(24)22(5)15(14)8-13(20)9-16(17)23/h8-9,12,16-17,23H,6-7,10H2,1-5H3,(H,21,25)/t12-,16+,17+,20+/m0/s1. The number of ether oxygens (including phenoxy) is 1. The summed E-state index contributed by atoms with van der Waals surface area (Å²) in [6, 6.07) is 0. The Morgan fingerprint density at radius 1 is 1.50 bits per heavy atom. The number of carbonyl (C=O) groups is 2. The zero-order chi connectivity index (χ0) is 19.2. The predicted molar refractivity (Wildman–Crippen MR) is 98.1 cm³/mol. The molecule has 0 aromatic carbocycles. The van der Waals surface area contributed by atoms with Crippen LogP contribution in [-0.2, 0) is 9.53 Å². The number of rotatable bonds is 3. The van der Waals surface area contributed by atoms with Crippen molar-refractivity contribution in [3.8, 4) is 0 Å². The first kappa shape index (κ1) is 18.7. The van der Waals surface area contributed by atoms with Crippen molar-refractivity contribution >= 4 is 12.0 Å². The molecular weight excluding hydrogens is 332 g/mol. The smallest absolute Gasteiger partial charge is 0.407 e. The number of fused-ring (bicyclic) bond motifs is 2. The highest BCUT2D eigenvalue weighted by Crippen LogP contribution is 2.54. The van der Waals surface area contributed by atoms with E-state index in [1.807, 2.05) is 26.8 Å². The molecule has 0 radical (unpaired) electrons. The van der Waals surface area contributed by atoms with Crippen LogP contribution in [0.4, 0.5) is 4.79 Å².